The quantitative estimate of drug-likeness (QED) is 0.349. The molecule has 0 saturated carbocycles. The number of furan rings is 1. The van der Waals surface area contributed by atoms with E-state index in [-0.39, 0.29) is 12.3 Å². The van der Waals surface area contributed by atoms with E-state index in [1.54, 1.807) is 36.4 Å². The molecule has 1 N–H and O–H groups in total. The molecular formula is C23H22N2O5. The van der Waals surface area contributed by atoms with Crippen LogP contribution in [0.3, 0.4) is 0 Å². The number of nitrogens with zero attached hydrogens (tertiary/aromatic N) is 1. The fraction of sp³-hybridized carbons (Fsp3) is 0.174. The van der Waals surface area contributed by atoms with E-state index in [1.165, 1.54) is 13.3 Å². The van der Waals surface area contributed by atoms with Gasteiger partial charge < -0.3 is 13.9 Å². The van der Waals surface area contributed by atoms with Crippen molar-refractivity contribution >= 4 is 18.1 Å². The summed E-state index contributed by atoms with van der Waals surface area (Å²) in [5, 5.41) is 3.94. The molecule has 7 heteroatoms. The average molecular weight is 406 g/mol. The first-order valence-electron chi connectivity index (χ1n) is 9.41. The summed E-state index contributed by atoms with van der Waals surface area (Å²) < 4.78 is 15.8. The summed E-state index contributed by atoms with van der Waals surface area (Å²) in [5.41, 5.74) is 4.62. The van der Waals surface area contributed by atoms with Crippen molar-refractivity contribution in [1.29, 1.82) is 0 Å². The summed E-state index contributed by atoms with van der Waals surface area (Å²) in [6, 6.07) is 17.8. The van der Waals surface area contributed by atoms with Crippen LogP contribution in [0.5, 0.6) is 5.75 Å². The number of carbonyl (C=O) groups is 2. The van der Waals surface area contributed by atoms with Crippen LogP contribution in [0.2, 0.25) is 0 Å². The lowest BCUT2D eigenvalue weighted by Crippen LogP contribution is -2.19. The molecule has 2 aromatic carbocycles. The molecule has 0 spiro atoms. The van der Waals surface area contributed by atoms with Gasteiger partial charge in [0.2, 0.25) is 5.91 Å². The first-order chi connectivity index (χ1) is 14.6. The molecule has 7 nitrogen and oxygen atoms in total. The Bertz CT molecular complexity index is 1020. The number of hydrogen-bond donors (Lipinski definition) is 1. The molecule has 154 valence electrons. The van der Waals surface area contributed by atoms with Crippen molar-refractivity contribution in [2.75, 3.05) is 13.7 Å². The molecule has 1 amide bonds. The van der Waals surface area contributed by atoms with Gasteiger partial charge in [-0.05, 0) is 48.9 Å². The van der Waals surface area contributed by atoms with Gasteiger partial charge in [-0.1, -0.05) is 24.3 Å². The van der Waals surface area contributed by atoms with Gasteiger partial charge in [-0.2, -0.15) is 5.10 Å². The average Bonchev–Trinajstić information content (AvgIpc) is 3.24. The molecule has 0 aliphatic heterocycles. The summed E-state index contributed by atoms with van der Waals surface area (Å²) in [4.78, 5) is 23.5. The predicted octanol–water partition coefficient (Wildman–Crippen LogP) is 3.82. The first-order valence-corrected chi connectivity index (χ1v) is 9.41. The fourth-order valence-electron chi connectivity index (χ4n) is 2.73. The molecule has 0 bridgehead atoms. The smallest absolute Gasteiger partial charge is 0.337 e. The molecule has 0 atom stereocenters. The van der Waals surface area contributed by atoms with E-state index in [0.717, 1.165) is 16.9 Å². The maximum Gasteiger partial charge on any atom is 0.337 e. The van der Waals surface area contributed by atoms with Gasteiger partial charge >= 0.3 is 5.97 Å². The molecule has 0 radical (unpaired) electrons. The Kier molecular flexibility index (Phi) is 7.00. The highest BCUT2D eigenvalue weighted by Crippen LogP contribution is 2.22. The molecular weight excluding hydrogens is 384 g/mol. The van der Waals surface area contributed by atoms with Gasteiger partial charge in [0.05, 0.1) is 31.9 Å². The molecule has 0 saturated heterocycles. The standard InChI is InChI=1S/C23H22N2O5/c1-3-29-19-10-4-16(5-11-19)14-22(26)25-24-15-20-12-13-21(30-20)17-6-8-18(9-7-17)23(27)28-2/h4-13,15H,3,14H2,1-2H3,(H,25,26)/b24-15-. The molecule has 3 rings (SSSR count). The Hall–Kier alpha value is -3.87. The van der Waals surface area contributed by atoms with Crippen molar-refractivity contribution in [3.05, 3.63) is 77.6 Å². The zero-order valence-corrected chi connectivity index (χ0v) is 16.8. The number of ether oxygens (including phenoxy) is 2. The SMILES string of the molecule is CCOc1ccc(CC(=O)N/N=C\c2ccc(-c3ccc(C(=O)OC)cc3)o2)cc1. The van der Waals surface area contributed by atoms with Crippen LogP contribution >= 0.6 is 0 Å². The lowest BCUT2D eigenvalue weighted by molar-refractivity contribution is -0.120. The van der Waals surface area contributed by atoms with Gasteiger partial charge in [0.15, 0.2) is 0 Å². The molecule has 30 heavy (non-hydrogen) atoms. The van der Waals surface area contributed by atoms with E-state index >= 15 is 0 Å². The minimum Gasteiger partial charge on any atom is -0.494 e. The Morgan fingerprint density at radius 1 is 1.03 bits per heavy atom. The van der Waals surface area contributed by atoms with E-state index in [2.05, 4.69) is 15.3 Å². The van der Waals surface area contributed by atoms with Crippen molar-refractivity contribution in [2.24, 2.45) is 5.10 Å². The number of hydrogen-bond acceptors (Lipinski definition) is 6. The van der Waals surface area contributed by atoms with Crippen LogP contribution in [-0.2, 0) is 16.0 Å². The predicted molar refractivity (Wildman–Crippen MR) is 113 cm³/mol. The van der Waals surface area contributed by atoms with Crippen molar-refractivity contribution < 1.29 is 23.5 Å². The van der Waals surface area contributed by atoms with Gasteiger partial charge in [-0.25, -0.2) is 10.2 Å². The topological polar surface area (TPSA) is 90.1 Å². The molecule has 3 aromatic rings. The number of nitrogens with one attached hydrogen (secondary N) is 1. The van der Waals surface area contributed by atoms with Crippen LogP contribution in [0.1, 0.15) is 28.6 Å². The summed E-state index contributed by atoms with van der Waals surface area (Å²) in [6.45, 7) is 2.52. The lowest BCUT2D eigenvalue weighted by atomic mass is 10.1. The Labute approximate surface area is 174 Å². The largest absolute Gasteiger partial charge is 0.494 e. The number of esters is 1. The number of amides is 1. The normalized spacial score (nSPS) is 10.7. The molecule has 1 heterocycles. The first kappa shape index (κ1) is 20.9. The van der Waals surface area contributed by atoms with Crippen LogP contribution in [0.25, 0.3) is 11.3 Å². The highest BCUT2D eigenvalue weighted by molar-refractivity contribution is 5.90. The Morgan fingerprint density at radius 2 is 1.77 bits per heavy atom. The second-order valence-electron chi connectivity index (χ2n) is 6.32. The minimum absolute atomic E-state index is 0.208. The van der Waals surface area contributed by atoms with E-state index in [9.17, 15) is 9.59 Å². The fourth-order valence-corrected chi connectivity index (χ4v) is 2.73. The van der Waals surface area contributed by atoms with Gasteiger partial charge in [0.25, 0.3) is 0 Å². The number of rotatable bonds is 8. The van der Waals surface area contributed by atoms with Gasteiger partial charge in [-0.3, -0.25) is 4.79 Å². The molecule has 0 unspecified atom stereocenters. The minimum atomic E-state index is -0.394. The number of hydrazone groups is 1. The number of carbonyl (C=O) groups excluding carboxylic acids is 2. The highest BCUT2D eigenvalue weighted by Gasteiger charge is 2.08. The monoisotopic (exact) mass is 406 g/mol. The number of benzene rings is 2. The second kappa shape index (κ2) is 10.1. The molecule has 0 aliphatic rings. The van der Waals surface area contributed by atoms with Crippen LogP contribution in [0, 0.1) is 0 Å². The van der Waals surface area contributed by atoms with E-state index in [0.29, 0.717) is 23.7 Å². The maximum absolute atomic E-state index is 12.0. The Morgan fingerprint density at radius 3 is 2.43 bits per heavy atom. The van der Waals surface area contributed by atoms with E-state index in [1.807, 2.05) is 31.2 Å². The van der Waals surface area contributed by atoms with Gasteiger partial charge in [-0.15, -0.1) is 0 Å². The van der Waals surface area contributed by atoms with Crippen molar-refractivity contribution in [1.82, 2.24) is 5.43 Å². The van der Waals surface area contributed by atoms with E-state index in [4.69, 9.17) is 9.15 Å². The highest BCUT2D eigenvalue weighted by atomic mass is 16.5. The molecule has 1 aromatic heterocycles. The summed E-state index contributed by atoms with van der Waals surface area (Å²) in [7, 11) is 1.34. The van der Waals surface area contributed by atoms with Crippen molar-refractivity contribution in [3.63, 3.8) is 0 Å². The summed E-state index contributed by atoms with van der Waals surface area (Å²) >= 11 is 0. The second-order valence-corrected chi connectivity index (χ2v) is 6.32. The summed E-state index contributed by atoms with van der Waals surface area (Å²) in [6.07, 6.45) is 1.64. The van der Waals surface area contributed by atoms with Crippen molar-refractivity contribution in [2.45, 2.75) is 13.3 Å². The molecule has 0 fully saturated rings. The third kappa shape index (κ3) is 5.57. The molecule has 0 aliphatic carbocycles. The zero-order valence-electron chi connectivity index (χ0n) is 16.8. The third-order valence-corrected chi connectivity index (χ3v) is 4.20. The number of methoxy groups -OCH3 is 1. The van der Waals surface area contributed by atoms with Gasteiger partial charge in [0, 0.05) is 5.56 Å². The van der Waals surface area contributed by atoms with Crippen LogP contribution in [0.4, 0.5) is 0 Å². The van der Waals surface area contributed by atoms with Crippen LogP contribution < -0.4 is 10.2 Å². The van der Waals surface area contributed by atoms with Crippen molar-refractivity contribution in [3.8, 4) is 17.1 Å². The zero-order chi connectivity index (χ0) is 21.3. The van der Waals surface area contributed by atoms with E-state index < -0.39 is 5.97 Å². The van der Waals surface area contributed by atoms with Gasteiger partial charge in [0.1, 0.15) is 17.3 Å². The van der Waals surface area contributed by atoms with Crippen LogP contribution in [-0.4, -0.2) is 31.8 Å². The van der Waals surface area contributed by atoms with Crippen LogP contribution in [0.15, 0.2) is 70.2 Å². The Balaban J connectivity index is 1.53. The lowest BCUT2D eigenvalue weighted by Gasteiger charge is -2.04. The maximum atomic E-state index is 12.0. The third-order valence-electron chi connectivity index (χ3n) is 4.20. The summed E-state index contributed by atoms with van der Waals surface area (Å²) in [5.74, 6) is 1.25.